The fourth-order valence-electron chi connectivity index (χ4n) is 3.20. The van der Waals surface area contributed by atoms with Crippen LogP contribution in [-0.4, -0.2) is 45.1 Å². The zero-order chi connectivity index (χ0) is 19.4. The average Bonchev–Trinajstić information content (AvgIpc) is 2.98. The minimum atomic E-state index is -0.629. The number of carbonyl (C=O) groups excluding carboxylic acids is 2. The SMILES string of the molecule is COc1ccc(C(=O)CCC(=O)N2CCCn3nc([C@H](C)O)cc3C2)cc1. The summed E-state index contributed by atoms with van der Waals surface area (Å²) < 4.78 is 6.95. The van der Waals surface area contributed by atoms with Gasteiger partial charge in [0.1, 0.15) is 5.75 Å². The second kappa shape index (κ2) is 8.35. The maximum Gasteiger partial charge on any atom is 0.223 e. The van der Waals surface area contributed by atoms with E-state index in [1.807, 2.05) is 10.7 Å². The number of hydrogen-bond acceptors (Lipinski definition) is 5. The molecule has 0 spiro atoms. The molecule has 3 rings (SSSR count). The van der Waals surface area contributed by atoms with Gasteiger partial charge in [0.25, 0.3) is 0 Å². The second-order valence-electron chi connectivity index (χ2n) is 6.78. The summed E-state index contributed by atoms with van der Waals surface area (Å²) in [5, 5.41) is 14.1. The van der Waals surface area contributed by atoms with Crippen molar-refractivity contribution < 1.29 is 19.4 Å². The number of fused-ring (bicyclic) bond motifs is 1. The number of rotatable bonds is 6. The van der Waals surface area contributed by atoms with E-state index in [9.17, 15) is 14.7 Å². The number of Topliss-reactive ketones (excluding diaryl/α,β-unsaturated/α-hetero) is 1. The van der Waals surface area contributed by atoms with Gasteiger partial charge in [-0.3, -0.25) is 14.3 Å². The van der Waals surface area contributed by atoms with E-state index in [1.54, 1.807) is 43.2 Å². The van der Waals surface area contributed by atoms with E-state index in [2.05, 4.69) is 5.10 Å². The predicted molar refractivity (Wildman–Crippen MR) is 99.5 cm³/mol. The van der Waals surface area contributed by atoms with Gasteiger partial charge in [0, 0.05) is 31.5 Å². The van der Waals surface area contributed by atoms with E-state index in [1.165, 1.54) is 0 Å². The van der Waals surface area contributed by atoms with E-state index in [0.717, 1.165) is 18.7 Å². The Morgan fingerprint density at radius 1 is 1.22 bits per heavy atom. The van der Waals surface area contributed by atoms with Gasteiger partial charge in [0.15, 0.2) is 5.78 Å². The molecule has 2 aromatic rings. The Bertz CT molecular complexity index is 811. The summed E-state index contributed by atoms with van der Waals surface area (Å²) in [4.78, 5) is 26.7. The molecule has 1 aromatic carbocycles. The van der Waals surface area contributed by atoms with Gasteiger partial charge in [-0.25, -0.2) is 0 Å². The summed E-state index contributed by atoms with van der Waals surface area (Å²) in [5.41, 5.74) is 2.12. The Kier molecular flexibility index (Phi) is 5.91. The van der Waals surface area contributed by atoms with Gasteiger partial charge in [0.2, 0.25) is 5.91 Å². The van der Waals surface area contributed by atoms with E-state index in [0.29, 0.717) is 30.1 Å². The van der Waals surface area contributed by atoms with Crippen LogP contribution in [0.15, 0.2) is 30.3 Å². The third-order valence-corrected chi connectivity index (χ3v) is 4.79. The van der Waals surface area contributed by atoms with Crippen molar-refractivity contribution in [1.29, 1.82) is 0 Å². The van der Waals surface area contributed by atoms with Gasteiger partial charge < -0.3 is 14.7 Å². The number of nitrogens with zero attached hydrogens (tertiary/aromatic N) is 3. The van der Waals surface area contributed by atoms with E-state index in [-0.39, 0.29) is 24.5 Å². The van der Waals surface area contributed by atoms with Crippen LogP contribution in [-0.2, 0) is 17.9 Å². The standard InChI is InChI=1S/C20H25N3O4/c1-14(24)18-12-16-13-22(10-3-11-23(16)21-18)20(26)9-8-19(25)15-4-6-17(27-2)7-5-15/h4-7,12,14,24H,3,8-11,13H2,1-2H3/t14-/m0/s1. The van der Waals surface area contributed by atoms with Crippen LogP contribution in [0, 0.1) is 0 Å². The summed E-state index contributed by atoms with van der Waals surface area (Å²) >= 11 is 0. The van der Waals surface area contributed by atoms with Gasteiger partial charge in [-0.05, 0) is 43.7 Å². The molecule has 0 saturated heterocycles. The second-order valence-corrected chi connectivity index (χ2v) is 6.78. The molecule has 1 atom stereocenters. The van der Waals surface area contributed by atoms with Gasteiger partial charge >= 0.3 is 0 Å². The molecule has 0 aliphatic carbocycles. The Labute approximate surface area is 158 Å². The topological polar surface area (TPSA) is 84.7 Å². The van der Waals surface area contributed by atoms with Crippen molar-refractivity contribution in [2.75, 3.05) is 13.7 Å². The van der Waals surface area contributed by atoms with Crippen molar-refractivity contribution in [3.05, 3.63) is 47.3 Å². The lowest BCUT2D eigenvalue weighted by molar-refractivity contribution is -0.131. The van der Waals surface area contributed by atoms with Gasteiger partial charge in [0.05, 0.1) is 31.1 Å². The summed E-state index contributed by atoms with van der Waals surface area (Å²) in [5.74, 6) is 0.604. The Hall–Kier alpha value is -2.67. The van der Waals surface area contributed by atoms with E-state index >= 15 is 0 Å². The molecule has 1 aliphatic rings. The molecule has 1 amide bonds. The number of methoxy groups -OCH3 is 1. The van der Waals surface area contributed by atoms with Gasteiger partial charge in [-0.1, -0.05) is 0 Å². The predicted octanol–water partition coefficient (Wildman–Crippen LogP) is 2.34. The average molecular weight is 371 g/mol. The highest BCUT2D eigenvalue weighted by Gasteiger charge is 2.22. The van der Waals surface area contributed by atoms with Crippen LogP contribution >= 0.6 is 0 Å². The molecule has 0 bridgehead atoms. The molecule has 0 radical (unpaired) electrons. The summed E-state index contributed by atoms with van der Waals surface area (Å²) in [7, 11) is 1.58. The molecule has 1 aromatic heterocycles. The monoisotopic (exact) mass is 371 g/mol. The minimum Gasteiger partial charge on any atom is -0.497 e. The molecular weight excluding hydrogens is 346 g/mol. The number of amides is 1. The molecular formula is C20H25N3O4. The number of carbonyl (C=O) groups is 2. The quantitative estimate of drug-likeness (QED) is 0.788. The van der Waals surface area contributed by atoms with Crippen LogP contribution in [0.5, 0.6) is 5.75 Å². The highest BCUT2D eigenvalue weighted by molar-refractivity contribution is 5.98. The highest BCUT2D eigenvalue weighted by atomic mass is 16.5. The van der Waals surface area contributed by atoms with Crippen molar-refractivity contribution in [3.63, 3.8) is 0 Å². The largest absolute Gasteiger partial charge is 0.497 e. The molecule has 0 saturated carbocycles. The number of aryl methyl sites for hydroxylation is 1. The summed E-state index contributed by atoms with van der Waals surface area (Å²) in [6.45, 7) is 3.49. The summed E-state index contributed by atoms with van der Waals surface area (Å²) in [6.07, 6.45) is 0.532. The molecule has 7 nitrogen and oxygen atoms in total. The normalized spacial score (nSPS) is 15.0. The van der Waals surface area contributed by atoms with Crippen molar-refractivity contribution in [2.45, 2.75) is 45.4 Å². The Morgan fingerprint density at radius 3 is 2.63 bits per heavy atom. The van der Waals surface area contributed by atoms with Crippen LogP contribution in [0.3, 0.4) is 0 Å². The first-order valence-corrected chi connectivity index (χ1v) is 9.17. The Balaban J connectivity index is 1.59. The fourth-order valence-corrected chi connectivity index (χ4v) is 3.20. The first-order valence-electron chi connectivity index (χ1n) is 9.17. The highest BCUT2D eigenvalue weighted by Crippen LogP contribution is 2.19. The zero-order valence-electron chi connectivity index (χ0n) is 15.7. The lowest BCUT2D eigenvalue weighted by atomic mass is 10.1. The maximum atomic E-state index is 12.6. The number of ketones is 1. The van der Waals surface area contributed by atoms with Gasteiger partial charge in [-0.15, -0.1) is 0 Å². The van der Waals surface area contributed by atoms with E-state index < -0.39 is 6.10 Å². The molecule has 0 fully saturated rings. The number of ether oxygens (including phenoxy) is 1. The van der Waals surface area contributed by atoms with Crippen molar-refractivity contribution in [1.82, 2.24) is 14.7 Å². The van der Waals surface area contributed by atoms with Crippen LogP contribution in [0.25, 0.3) is 0 Å². The van der Waals surface area contributed by atoms with E-state index in [4.69, 9.17) is 4.74 Å². The smallest absolute Gasteiger partial charge is 0.223 e. The lowest BCUT2D eigenvalue weighted by Gasteiger charge is -2.19. The number of hydrogen-bond donors (Lipinski definition) is 1. The first-order chi connectivity index (χ1) is 13.0. The molecule has 144 valence electrons. The molecule has 27 heavy (non-hydrogen) atoms. The third-order valence-electron chi connectivity index (χ3n) is 4.79. The van der Waals surface area contributed by atoms with Crippen LogP contribution < -0.4 is 4.74 Å². The third kappa shape index (κ3) is 4.54. The molecule has 0 unspecified atom stereocenters. The van der Waals surface area contributed by atoms with Crippen molar-refractivity contribution >= 4 is 11.7 Å². The molecule has 1 aliphatic heterocycles. The molecule has 2 heterocycles. The zero-order valence-corrected chi connectivity index (χ0v) is 15.7. The number of benzene rings is 1. The number of aliphatic hydroxyl groups excluding tert-OH is 1. The molecule has 1 N–H and O–H groups in total. The lowest BCUT2D eigenvalue weighted by Crippen LogP contribution is -2.30. The molecule has 7 heteroatoms. The Morgan fingerprint density at radius 2 is 1.96 bits per heavy atom. The first kappa shape index (κ1) is 19.1. The minimum absolute atomic E-state index is 0.0369. The van der Waals surface area contributed by atoms with Crippen LogP contribution in [0.1, 0.15) is 54.0 Å². The fraction of sp³-hybridized carbons (Fsp3) is 0.450. The van der Waals surface area contributed by atoms with Gasteiger partial charge in [-0.2, -0.15) is 5.10 Å². The van der Waals surface area contributed by atoms with Crippen LogP contribution in [0.2, 0.25) is 0 Å². The van der Waals surface area contributed by atoms with Crippen LogP contribution in [0.4, 0.5) is 0 Å². The van der Waals surface area contributed by atoms with Crippen molar-refractivity contribution in [3.8, 4) is 5.75 Å². The maximum absolute atomic E-state index is 12.6. The summed E-state index contributed by atoms with van der Waals surface area (Å²) in [6, 6.07) is 8.76. The van der Waals surface area contributed by atoms with Crippen molar-refractivity contribution in [2.24, 2.45) is 0 Å². The number of aromatic nitrogens is 2. The number of aliphatic hydroxyl groups is 1.